The second-order valence-corrected chi connectivity index (χ2v) is 13.1. The highest BCUT2D eigenvalue weighted by Crippen LogP contribution is 2.46. The number of aromatic nitrogens is 4. The number of pyridine rings is 2. The van der Waals surface area contributed by atoms with Crippen LogP contribution in [-0.4, -0.2) is 55.5 Å². The highest BCUT2D eigenvalue weighted by Gasteiger charge is 2.52. The fourth-order valence-electron chi connectivity index (χ4n) is 5.60. The summed E-state index contributed by atoms with van der Waals surface area (Å²) in [7, 11) is -4.15. The molecule has 1 aromatic carbocycles. The summed E-state index contributed by atoms with van der Waals surface area (Å²) in [5.41, 5.74) is 1.96. The fourth-order valence-corrected chi connectivity index (χ4v) is 7.18. The van der Waals surface area contributed by atoms with Gasteiger partial charge in [0.2, 0.25) is 21.7 Å². The van der Waals surface area contributed by atoms with E-state index in [1.54, 1.807) is 32.0 Å². The Labute approximate surface area is 249 Å². The third kappa shape index (κ3) is 5.13. The summed E-state index contributed by atoms with van der Waals surface area (Å²) in [5.74, 6) is -3.16. The number of rotatable bonds is 6. The Morgan fingerprint density at radius 2 is 1.95 bits per heavy atom. The van der Waals surface area contributed by atoms with E-state index in [-0.39, 0.29) is 41.5 Å². The average molecular weight is 627 g/mol. The topological polar surface area (TPSA) is 151 Å². The molecule has 228 valence electrons. The molecule has 15 heteroatoms. The van der Waals surface area contributed by atoms with Gasteiger partial charge >= 0.3 is 12.1 Å². The first kappa shape index (κ1) is 29.5. The van der Waals surface area contributed by atoms with Crippen LogP contribution in [0.15, 0.2) is 47.6 Å². The summed E-state index contributed by atoms with van der Waals surface area (Å²) < 4.78 is 76.2. The average Bonchev–Trinajstić information content (AvgIpc) is 3.57. The molecule has 1 spiro atoms. The number of nitrogens with zero attached hydrogens (tertiary/aromatic N) is 6. The minimum atomic E-state index is -4.73. The van der Waals surface area contributed by atoms with Crippen molar-refractivity contribution < 1.29 is 36.2 Å². The summed E-state index contributed by atoms with van der Waals surface area (Å²) in [5, 5.41) is 26.2. The van der Waals surface area contributed by atoms with Crippen LogP contribution in [0.4, 0.5) is 13.2 Å². The zero-order chi connectivity index (χ0) is 31.6. The minimum absolute atomic E-state index is 0.0491. The molecule has 1 aliphatic carbocycles. The monoisotopic (exact) mass is 626 g/mol. The number of aliphatic carboxylic acids is 1. The number of fused-ring (bicyclic) bond motifs is 2. The van der Waals surface area contributed by atoms with E-state index in [2.05, 4.69) is 15.2 Å². The van der Waals surface area contributed by atoms with E-state index in [0.29, 0.717) is 35.1 Å². The van der Waals surface area contributed by atoms with Crippen molar-refractivity contribution in [3.63, 3.8) is 0 Å². The van der Waals surface area contributed by atoms with Gasteiger partial charge in [-0.25, -0.2) is 13.4 Å². The number of carboxylic acid groups (broad SMARTS) is 1. The van der Waals surface area contributed by atoms with Crippen molar-refractivity contribution in [2.24, 2.45) is 0 Å². The van der Waals surface area contributed by atoms with Gasteiger partial charge < -0.3 is 9.84 Å². The second kappa shape index (κ2) is 10.3. The normalized spacial score (nSPS) is 17.8. The van der Waals surface area contributed by atoms with Gasteiger partial charge in [0.1, 0.15) is 16.6 Å². The van der Waals surface area contributed by atoms with Gasteiger partial charge in [0.15, 0.2) is 5.65 Å². The van der Waals surface area contributed by atoms with E-state index < -0.39 is 39.5 Å². The molecule has 0 bridgehead atoms. The number of alkyl halides is 3. The lowest BCUT2D eigenvalue weighted by Gasteiger charge is -2.25. The van der Waals surface area contributed by atoms with Crippen LogP contribution in [0.1, 0.15) is 64.4 Å². The van der Waals surface area contributed by atoms with Gasteiger partial charge in [0.25, 0.3) is 0 Å². The Morgan fingerprint density at radius 1 is 1.20 bits per heavy atom. The maximum Gasteiger partial charge on any atom is 0.452 e. The Morgan fingerprint density at radius 3 is 2.61 bits per heavy atom. The van der Waals surface area contributed by atoms with Crippen LogP contribution in [0.5, 0.6) is 5.88 Å². The van der Waals surface area contributed by atoms with E-state index in [4.69, 9.17) is 4.74 Å². The van der Waals surface area contributed by atoms with Crippen molar-refractivity contribution >= 4 is 21.6 Å². The number of hydrogen-bond donors (Lipinski definition) is 1. The predicted molar refractivity (Wildman–Crippen MR) is 147 cm³/mol. The lowest BCUT2D eigenvalue weighted by Crippen LogP contribution is -2.38. The Bertz CT molecular complexity index is 1980. The number of benzene rings is 1. The number of nitriles is 1. The van der Waals surface area contributed by atoms with Crippen LogP contribution >= 0.6 is 0 Å². The smallest absolute Gasteiger partial charge is 0.452 e. The Hall–Kier alpha value is -4.55. The molecule has 4 aromatic rings. The van der Waals surface area contributed by atoms with Gasteiger partial charge in [-0.1, -0.05) is 18.2 Å². The molecule has 0 radical (unpaired) electrons. The number of hydrogen-bond acceptors (Lipinski definition) is 8. The Balaban J connectivity index is 1.41. The summed E-state index contributed by atoms with van der Waals surface area (Å²) in [6, 6.07) is 9.78. The number of sulfonamides is 1. The highest BCUT2D eigenvalue weighted by molar-refractivity contribution is 7.89. The van der Waals surface area contributed by atoms with Gasteiger partial charge in [-0.2, -0.15) is 22.7 Å². The van der Waals surface area contributed by atoms with Gasteiger partial charge in [-0.15, -0.1) is 10.2 Å². The first-order chi connectivity index (χ1) is 20.7. The lowest BCUT2D eigenvalue weighted by atomic mass is 9.85. The summed E-state index contributed by atoms with van der Waals surface area (Å²) in [6.07, 6.45) is -1.43. The zero-order valence-corrected chi connectivity index (χ0v) is 24.3. The molecule has 0 amide bonds. The molecule has 1 atom stereocenters. The first-order valence-electron chi connectivity index (χ1n) is 13.5. The van der Waals surface area contributed by atoms with Crippen LogP contribution in [-0.2, 0) is 27.5 Å². The summed E-state index contributed by atoms with van der Waals surface area (Å²) in [6.45, 7) is 3.35. The van der Waals surface area contributed by atoms with Crippen LogP contribution in [0.25, 0.3) is 5.65 Å². The fraction of sp³-hybridized carbons (Fsp3) is 0.345. The van der Waals surface area contributed by atoms with E-state index in [1.807, 2.05) is 6.07 Å². The standard InChI is InChI=1S/C29H25F3N6O5S/c1-16-3-4-19(22(11-24(39)40)21-5-8-38-25(17(21)2)35-36-27(38)29(30,31)32)10-20(16)14-37-15-28(6-7-28)43-26-23(44(37,41)42)9-18(12-33)13-34-26/h3-5,8-10,13,22H,6-7,11,14-15H2,1-2H3,(H,39,40)/t22-/m0/s1. The van der Waals surface area contributed by atoms with Crippen molar-refractivity contribution in [2.75, 3.05) is 6.54 Å². The molecule has 0 unspecified atom stereocenters. The second-order valence-electron chi connectivity index (χ2n) is 11.1. The largest absolute Gasteiger partial charge is 0.481 e. The number of carboxylic acids is 1. The van der Waals surface area contributed by atoms with Gasteiger partial charge in [-0.05, 0) is 66.6 Å². The predicted octanol–water partition coefficient (Wildman–Crippen LogP) is 4.35. The molecule has 11 nitrogen and oxygen atoms in total. The first-order valence-corrected chi connectivity index (χ1v) is 15.0. The van der Waals surface area contributed by atoms with Crippen LogP contribution in [0.3, 0.4) is 0 Å². The third-order valence-corrected chi connectivity index (χ3v) is 9.93. The summed E-state index contributed by atoms with van der Waals surface area (Å²) in [4.78, 5) is 15.9. The number of aryl methyl sites for hydroxylation is 2. The molecule has 4 heterocycles. The van der Waals surface area contributed by atoms with Crippen LogP contribution < -0.4 is 4.74 Å². The van der Waals surface area contributed by atoms with Crippen molar-refractivity contribution in [1.82, 2.24) is 23.9 Å². The maximum absolute atomic E-state index is 13.9. The van der Waals surface area contributed by atoms with Gasteiger partial charge in [0.05, 0.1) is 18.5 Å². The SMILES string of the molecule is Cc1ccc([C@H](CC(=O)O)c2ccn3c(C(F)(F)F)nnc3c2C)cc1CN1CC2(CC2)Oc2ncc(C#N)cc2S1(=O)=O. The molecule has 3 aromatic heterocycles. The zero-order valence-electron chi connectivity index (χ0n) is 23.5. The number of ether oxygens (including phenoxy) is 1. The van der Waals surface area contributed by atoms with Gasteiger partial charge in [0, 0.05) is 24.9 Å². The lowest BCUT2D eigenvalue weighted by molar-refractivity contribution is -0.145. The van der Waals surface area contributed by atoms with E-state index in [1.165, 1.54) is 28.8 Å². The van der Waals surface area contributed by atoms with E-state index >= 15 is 0 Å². The van der Waals surface area contributed by atoms with Gasteiger partial charge in [-0.3, -0.25) is 9.20 Å². The van der Waals surface area contributed by atoms with E-state index in [9.17, 15) is 36.8 Å². The molecule has 6 rings (SSSR count). The van der Waals surface area contributed by atoms with Crippen molar-refractivity contribution in [3.8, 4) is 11.9 Å². The maximum atomic E-state index is 13.9. The molecule has 1 aliphatic heterocycles. The Kier molecular flexibility index (Phi) is 6.89. The van der Waals surface area contributed by atoms with Crippen molar-refractivity contribution in [2.45, 2.75) is 62.2 Å². The quantitative estimate of drug-likeness (QED) is 0.329. The summed E-state index contributed by atoms with van der Waals surface area (Å²) >= 11 is 0. The molecule has 1 fully saturated rings. The van der Waals surface area contributed by atoms with Crippen LogP contribution in [0.2, 0.25) is 0 Å². The number of halogens is 3. The number of carbonyl (C=O) groups is 1. The molecule has 2 aliphatic rings. The van der Waals surface area contributed by atoms with Crippen LogP contribution in [0, 0.1) is 25.2 Å². The molecular formula is C29H25F3N6O5S. The molecule has 1 saturated carbocycles. The van der Waals surface area contributed by atoms with E-state index in [0.717, 1.165) is 9.96 Å². The van der Waals surface area contributed by atoms with Crippen molar-refractivity contribution in [3.05, 3.63) is 81.9 Å². The molecule has 44 heavy (non-hydrogen) atoms. The molecular weight excluding hydrogens is 601 g/mol. The van der Waals surface area contributed by atoms with Crippen molar-refractivity contribution in [1.29, 1.82) is 5.26 Å². The minimum Gasteiger partial charge on any atom is -0.481 e. The highest BCUT2D eigenvalue weighted by atomic mass is 32.2. The molecule has 0 saturated heterocycles. The molecule has 1 N–H and O–H groups in total. The third-order valence-electron chi connectivity index (χ3n) is 8.15.